The minimum Gasteiger partial charge on any atom is -0.489 e. The number of thiophene rings is 1. The van der Waals surface area contributed by atoms with Crippen molar-refractivity contribution >= 4 is 51.5 Å². The summed E-state index contributed by atoms with van der Waals surface area (Å²) < 4.78 is 27.0. The van der Waals surface area contributed by atoms with Crippen molar-refractivity contribution in [1.29, 1.82) is 0 Å². The van der Waals surface area contributed by atoms with Gasteiger partial charge in [-0.15, -0.1) is 11.3 Å². The Morgan fingerprint density at radius 2 is 2.00 bits per heavy atom. The fourth-order valence-corrected chi connectivity index (χ4v) is 6.06. The fourth-order valence-electron chi connectivity index (χ4n) is 4.64. The third-order valence-electron chi connectivity index (χ3n) is 6.62. The number of hydrogen-bond acceptors (Lipinski definition) is 6. The zero-order chi connectivity index (χ0) is 26.8. The number of amides is 1. The van der Waals surface area contributed by atoms with Crippen LogP contribution in [0.15, 0.2) is 48.8 Å². The molecule has 2 aromatic heterocycles. The molecule has 1 unspecified atom stereocenters. The summed E-state index contributed by atoms with van der Waals surface area (Å²) in [6.07, 6.45) is 2.81. The highest BCUT2D eigenvalue weighted by atomic mass is 35.5. The summed E-state index contributed by atoms with van der Waals surface area (Å²) in [5, 5.41) is 1.78. The first kappa shape index (κ1) is 26.7. The summed E-state index contributed by atoms with van der Waals surface area (Å²) in [6, 6.07) is 12.8. The number of halogens is 3. The number of carbonyl (C=O) groups is 1. The van der Waals surface area contributed by atoms with Crippen LogP contribution in [0, 0.1) is 0 Å². The first-order valence-corrected chi connectivity index (χ1v) is 13.9. The standard InChI is InChI=1S/C27H27Cl2FN4O3S/c1-16(19-3-2-4-22(25(19)29)37-18-7-10-33(11-8-18)12-9-30)36-23-14-24(38-26(23)27(31)35)34-15-32-20-13-17(28)5-6-21(20)34/h2-6,13-16,18H,7-12H2,1H3,(H2,31,35). The number of hydrogen-bond donors (Lipinski definition) is 1. The van der Waals surface area contributed by atoms with E-state index in [9.17, 15) is 9.18 Å². The summed E-state index contributed by atoms with van der Waals surface area (Å²) >= 11 is 14.1. The molecular formula is C27H27Cl2FN4O3S. The molecule has 1 aliphatic heterocycles. The number of likely N-dealkylation sites (tertiary alicyclic amines) is 1. The summed E-state index contributed by atoms with van der Waals surface area (Å²) in [4.78, 5) is 19.1. The van der Waals surface area contributed by atoms with E-state index in [1.807, 2.05) is 35.8 Å². The second kappa shape index (κ2) is 11.5. The minimum atomic E-state index is -0.585. The molecule has 0 radical (unpaired) electrons. The minimum absolute atomic E-state index is 0.00983. The van der Waals surface area contributed by atoms with Gasteiger partial charge in [-0.05, 0) is 44.0 Å². The third kappa shape index (κ3) is 5.61. The predicted octanol–water partition coefficient (Wildman–Crippen LogP) is 6.45. The quantitative estimate of drug-likeness (QED) is 0.248. The average molecular weight is 578 g/mol. The molecule has 2 N–H and O–H groups in total. The maximum Gasteiger partial charge on any atom is 0.262 e. The molecule has 2 aromatic carbocycles. The number of nitrogens with zero attached hydrogens (tertiary/aromatic N) is 3. The number of rotatable bonds is 9. The van der Waals surface area contributed by atoms with E-state index in [1.165, 1.54) is 11.3 Å². The van der Waals surface area contributed by atoms with Crippen molar-refractivity contribution in [1.82, 2.24) is 14.5 Å². The van der Waals surface area contributed by atoms with Gasteiger partial charge < -0.3 is 20.1 Å². The van der Waals surface area contributed by atoms with Crippen molar-refractivity contribution in [2.75, 3.05) is 26.3 Å². The molecule has 0 spiro atoms. The van der Waals surface area contributed by atoms with Gasteiger partial charge in [0.1, 0.15) is 46.6 Å². The first-order valence-electron chi connectivity index (χ1n) is 12.3. The smallest absolute Gasteiger partial charge is 0.262 e. The number of aromatic nitrogens is 2. The molecule has 200 valence electrons. The molecule has 1 amide bonds. The number of benzene rings is 2. The number of primary amides is 1. The molecule has 1 aliphatic rings. The lowest BCUT2D eigenvalue weighted by Crippen LogP contribution is -2.39. The maximum absolute atomic E-state index is 12.6. The Kier molecular flexibility index (Phi) is 8.09. The number of imidazole rings is 1. The van der Waals surface area contributed by atoms with E-state index in [1.54, 1.807) is 24.5 Å². The molecule has 11 heteroatoms. The molecule has 1 saturated heterocycles. The Balaban J connectivity index is 1.35. The van der Waals surface area contributed by atoms with Crippen LogP contribution < -0.4 is 15.2 Å². The highest BCUT2D eigenvalue weighted by Gasteiger charge is 2.24. The first-order chi connectivity index (χ1) is 18.3. The van der Waals surface area contributed by atoms with Crippen LogP contribution >= 0.6 is 34.5 Å². The second-order valence-corrected chi connectivity index (χ2v) is 11.0. The lowest BCUT2D eigenvalue weighted by molar-refractivity contribution is 0.0966. The zero-order valence-corrected chi connectivity index (χ0v) is 23.0. The Labute approximate surface area is 233 Å². The number of nitrogens with two attached hydrogens (primary N) is 1. The number of fused-ring (bicyclic) bond motifs is 1. The lowest BCUT2D eigenvalue weighted by Gasteiger charge is -2.31. The third-order valence-corrected chi connectivity index (χ3v) is 8.39. The number of ether oxygens (including phenoxy) is 2. The summed E-state index contributed by atoms with van der Waals surface area (Å²) in [5.41, 5.74) is 8.00. The number of carbonyl (C=O) groups excluding carboxylic acids is 1. The molecule has 7 nitrogen and oxygen atoms in total. The molecule has 0 saturated carbocycles. The van der Waals surface area contributed by atoms with Gasteiger partial charge in [-0.1, -0.05) is 35.3 Å². The van der Waals surface area contributed by atoms with Crippen molar-refractivity contribution in [2.24, 2.45) is 5.73 Å². The van der Waals surface area contributed by atoms with Crippen LogP contribution in [0.4, 0.5) is 4.39 Å². The van der Waals surface area contributed by atoms with Crippen LogP contribution in [0.25, 0.3) is 16.0 Å². The van der Waals surface area contributed by atoms with E-state index in [0.29, 0.717) is 33.0 Å². The Hall–Kier alpha value is -2.85. The highest BCUT2D eigenvalue weighted by Crippen LogP contribution is 2.39. The molecule has 38 heavy (non-hydrogen) atoms. The monoisotopic (exact) mass is 576 g/mol. The second-order valence-electron chi connectivity index (χ2n) is 9.16. The van der Waals surface area contributed by atoms with Crippen molar-refractivity contribution in [3.8, 4) is 16.5 Å². The van der Waals surface area contributed by atoms with Crippen LogP contribution in [0.5, 0.6) is 11.5 Å². The molecule has 3 heterocycles. The van der Waals surface area contributed by atoms with Crippen molar-refractivity contribution in [3.05, 3.63) is 69.3 Å². The van der Waals surface area contributed by atoms with Crippen molar-refractivity contribution in [2.45, 2.75) is 32.0 Å². The Morgan fingerprint density at radius 3 is 2.74 bits per heavy atom. The molecule has 0 aliphatic carbocycles. The van der Waals surface area contributed by atoms with Gasteiger partial charge in [-0.2, -0.15) is 0 Å². The molecule has 4 aromatic rings. The van der Waals surface area contributed by atoms with Gasteiger partial charge in [0.25, 0.3) is 5.91 Å². The van der Waals surface area contributed by atoms with Crippen LogP contribution in [0.1, 0.15) is 41.1 Å². The SMILES string of the molecule is CC(Oc1cc(-n2cnc3cc(Cl)ccc32)sc1C(N)=O)c1cccc(OC2CCN(CCF)CC2)c1Cl. The molecule has 5 rings (SSSR count). The summed E-state index contributed by atoms with van der Waals surface area (Å²) in [7, 11) is 0. The van der Waals surface area contributed by atoms with Crippen LogP contribution in [-0.4, -0.2) is 52.8 Å². The number of alkyl halides is 1. The Bertz CT molecular complexity index is 1450. The van der Waals surface area contributed by atoms with Gasteiger partial charge in [0, 0.05) is 36.3 Å². The van der Waals surface area contributed by atoms with Gasteiger partial charge in [0.2, 0.25) is 0 Å². The average Bonchev–Trinajstić information content (AvgIpc) is 3.50. The van der Waals surface area contributed by atoms with E-state index in [-0.39, 0.29) is 12.8 Å². The normalized spacial score (nSPS) is 15.6. The predicted molar refractivity (Wildman–Crippen MR) is 149 cm³/mol. The van der Waals surface area contributed by atoms with Gasteiger partial charge in [-0.3, -0.25) is 9.36 Å². The molecular weight excluding hydrogens is 550 g/mol. The van der Waals surface area contributed by atoms with Crippen molar-refractivity contribution < 1.29 is 18.7 Å². The zero-order valence-electron chi connectivity index (χ0n) is 20.7. The van der Waals surface area contributed by atoms with E-state index in [4.69, 9.17) is 38.4 Å². The van der Waals surface area contributed by atoms with Gasteiger partial charge in [0.05, 0.1) is 16.1 Å². The maximum atomic E-state index is 12.6. The van der Waals surface area contributed by atoms with E-state index < -0.39 is 12.0 Å². The fraction of sp³-hybridized carbons (Fsp3) is 0.333. The Morgan fingerprint density at radius 1 is 1.21 bits per heavy atom. The van der Waals surface area contributed by atoms with E-state index in [2.05, 4.69) is 9.88 Å². The molecule has 1 fully saturated rings. The van der Waals surface area contributed by atoms with Crippen LogP contribution in [0.3, 0.4) is 0 Å². The van der Waals surface area contributed by atoms with Crippen molar-refractivity contribution in [3.63, 3.8) is 0 Å². The number of piperidine rings is 1. The van der Waals surface area contributed by atoms with Crippen LogP contribution in [0.2, 0.25) is 10.0 Å². The summed E-state index contributed by atoms with van der Waals surface area (Å²) in [6.45, 7) is 3.56. The largest absolute Gasteiger partial charge is 0.489 e. The van der Waals surface area contributed by atoms with Crippen LogP contribution in [-0.2, 0) is 0 Å². The molecule has 0 bridgehead atoms. The summed E-state index contributed by atoms with van der Waals surface area (Å²) in [5.74, 6) is 0.356. The van der Waals surface area contributed by atoms with E-state index in [0.717, 1.165) is 47.5 Å². The topological polar surface area (TPSA) is 82.6 Å². The highest BCUT2D eigenvalue weighted by molar-refractivity contribution is 7.16. The molecule has 1 atom stereocenters. The van der Waals surface area contributed by atoms with Gasteiger partial charge in [0.15, 0.2) is 0 Å². The van der Waals surface area contributed by atoms with E-state index >= 15 is 0 Å². The van der Waals surface area contributed by atoms with Gasteiger partial charge in [-0.25, -0.2) is 9.37 Å². The van der Waals surface area contributed by atoms with Gasteiger partial charge >= 0.3 is 0 Å². The lowest BCUT2D eigenvalue weighted by atomic mass is 10.1.